The van der Waals surface area contributed by atoms with Crippen molar-refractivity contribution in [2.24, 2.45) is 5.73 Å². The third-order valence-corrected chi connectivity index (χ3v) is 2.40. The second kappa shape index (κ2) is 4.21. The summed E-state index contributed by atoms with van der Waals surface area (Å²) in [4.78, 5) is 0. The van der Waals surface area contributed by atoms with E-state index in [1.807, 2.05) is 0 Å². The quantitative estimate of drug-likeness (QED) is 0.648. The highest BCUT2D eigenvalue weighted by Gasteiger charge is 2.12. The van der Waals surface area contributed by atoms with Crippen molar-refractivity contribution in [1.82, 2.24) is 0 Å². The van der Waals surface area contributed by atoms with Crippen molar-refractivity contribution in [1.29, 1.82) is 0 Å². The van der Waals surface area contributed by atoms with Gasteiger partial charge in [0, 0.05) is 17.0 Å². The molecule has 0 saturated carbocycles. The molecule has 0 aromatic heterocycles. The molecule has 10 heavy (non-hydrogen) atoms. The zero-order valence-corrected chi connectivity index (χ0v) is 7.74. The van der Waals surface area contributed by atoms with Crippen molar-refractivity contribution in [3.63, 3.8) is 0 Å². The Morgan fingerprint density at radius 1 is 1.50 bits per heavy atom. The molecule has 3 heteroatoms. The first-order valence-corrected chi connectivity index (χ1v) is 4.46. The van der Waals surface area contributed by atoms with Gasteiger partial charge >= 0.3 is 0 Å². The summed E-state index contributed by atoms with van der Waals surface area (Å²) < 4.78 is 0.232. The molecule has 0 bridgehead atoms. The fraction of sp³-hybridized carbons (Fsp3) is 1.00. The van der Waals surface area contributed by atoms with Crippen molar-refractivity contribution in [2.75, 3.05) is 12.3 Å². The van der Waals surface area contributed by atoms with Gasteiger partial charge in [0.2, 0.25) is 0 Å². The molecule has 0 fully saturated rings. The summed E-state index contributed by atoms with van der Waals surface area (Å²) in [6, 6.07) is 0. The maximum atomic E-state index is 9.08. The van der Waals surface area contributed by atoms with Crippen LogP contribution in [0.15, 0.2) is 0 Å². The van der Waals surface area contributed by atoms with Crippen LogP contribution in [0.2, 0.25) is 0 Å². The molecular formula is C7H17NOS. The number of nitrogens with two attached hydrogens (primary N) is 1. The Bertz CT molecular complexity index is 90.1. The zero-order chi connectivity index (χ0) is 8.20. The molecule has 1 atom stereocenters. The van der Waals surface area contributed by atoms with E-state index in [4.69, 9.17) is 10.8 Å². The molecule has 0 aliphatic carbocycles. The van der Waals surface area contributed by atoms with Gasteiger partial charge < -0.3 is 10.8 Å². The van der Waals surface area contributed by atoms with E-state index < -0.39 is 0 Å². The van der Waals surface area contributed by atoms with Gasteiger partial charge in [-0.1, -0.05) is 20.8 Å². The van der Waals surface area contributed by atoms with Crippen LogP contribution in [0.1, 0.15) is 20.8 Å². The second-order valence-electron chi connectivity index (χ2n) is 3.31. The Kier molecular flexibility index (Phi) is 4.32. The number of aliphatic hydroxyl groups excluding tert-OH is 1. The molecule has 0 heterocycles. The maximum Gasteiger partial charge on any atom is 0.0752 e. The molecule has 0 aromatic carbocycles. The molecule has 0 saturated heterocycles. The summed E-state index contributed by atoms with van der Waals surface area (Å²) in [6.45, 7) is 6.74. The van der Waals surface area contributed by atoms with Crippen LogP contribution >= 0.6 is 11.8 Å². The van der Waals surface area contributed by atoms with Crippen LogP contribution in [0.3, 0.4) is 0 Å². The first kappa shape index (κ1) is 10.3. The fourth-order valence-corrected chi connectivity index (χ4v) is 1.24. The molecule has 0 unspecified atom stereocenters. The van der Waals surface area contributed by atoms with Crippen molar-refractivity contribution in [2.45, 2.75) is 31.6 Å². The Hall–Kier alpha value is 0.270. The van der Waals surface area contributed by atoms with Crippen LogP contribution in [0.4, 0.5) is 0 Å². The Morgan fingerprint density at radius 2 is 2.00 bits per heavy atom. The second-order valence-corrected chi connectivity index (χ2v) is 5.16. The predicted octanol–water partition coefficient (Wildman–Crippen LogP) is 0.838. The molecule has 62 valence electrons. The molecule has 0 aromatic rings. The van der Waals surface area contributed by atoms with Crippen LogP contribution in [0.5, 0.6) is 0 Å². The van der Waals surface area contributed by atoms with Gasteiger partial charge in [-0.25, -0.2) is 0 Å². The topological polar surface area (TPSA) is 46.2 Å². The van der Waals surface area contributed by atoms with Crippen LogP contribution < -0.4 is 5.73 Å². The summed E-state index contributed by atoms with van der Waals surface area (Å²) in [5.74, 6) is 0.736. The van der Waals surface area contributed by atoms with Crippen molar-refractivity contribution >= 4 is 11.8 Å². The average molecular weight is 163 g/mol. The first-order chi connectivity index (χ1) is 4.45. The van der Waals surface area contributed by atoms with Crippen LogP contribution in [0, 0.1) is 0 Å². The van der Waals surface area contributed by atoms with Crippen molar-refractivity contribution in [3.05, 3.63) is 0 Å². The molecule has 0 aliphatic rings. The third kappa shape index (κ3) is 6.39. The van der Waals surface area contributed by atoms with Gasteiger partial charge in [-0.3, -0.25) is 0 Å². The van der Waals surface area contributed by atoms with Gasteiger partial charge in [0.05, 0.1) is 6.10 Å². The van der Waals surface area contributed by atoms with Gasteiger partial charge in [0.25, 0.3) is 0 Å². The van der Waals surface area contributed by atoms with Gasteiger partial charge in [0.15, 0.2) is 0 Å². The summed E-state index contributed by atoms with van der Waals surface area (Å²) in [6.07, 6.45) is -0.343. The van der Waals surface area contributed by atoms with Gasteiger partial charge in [0.1, 0.15) is 0 Å². The highest BCUT2D eigenvalue weighted by molar-refractivity contribution is 8.00. The molecule has 2 nitrogen and oxygen atoms in total. The monoisotopic (exact) mass is 163 g/mol. The highest BCUT2D eigenvalue weighted by Crippen LogP contribution is 2.23. The molecular weight excluding hydrogens is 146 g/mol. The van der Waals surface area contributed by atoms with E-state index in [1.54, 1.807) is 11.8 Å². The third-order valence-electron chi connectivity index (χ3n) is 0.981. The first-order valence-electron chi connectivity index (χ1n) is 3.48. The standard InChI is InChI=1S/C7H17NOS/c1-7(2,3)10-5-6(9)4-8/h6,9H,4-5,8H2,1-3H3/t6-/m0/s1. The van der Waals surface area contributed by atoms with Crippen LogP contribution in [-0.2, 0) is 0 Å². The average Bonchev–Trinajstić information content (AvgIpc) is 1.81. The van der Waals surface area contributed by atoms with E-state index >= 15 is 0 Å². The van der Waals surface area contributed by atoms with E-state index in [1.165, 1.54) is 0 Å². The summed E-state index contributed by atoms with van der Waals surface area (Å²) in [5, 5.41) is 9.08. The summed E-state index contributed by atoms with van der Waals surface area (Å²) in [5.41, 5.74) is 5.24. The van der Waals surface area contributed by atoms with Gasteiger partial charge in [-0.15, -0.1) is 0 Å². The number of rotatable bonds is 3. The normalized spacial score (nSPS) is 15.3. The van der Waals surface area contributed by atoms with E-state index in [-0.39, 0.29) is 10.9 Å². The summed E-state index contributed by atoms with van der Waals surface area (Å²) in [7, 11) is 0. The lowest BCUT2D eigenvalue weighted by Gasteiger charge is -2.19. The minimum atomic E-state index is -0.343. The lowest BCUT2D eigenvalue weighted by Crippen LogP contribution is -2.24. The van der Waals surface area contributed by atoms with Crippen molar-refractivity contribution < 1.29 is 5.11 Å². The molecule has 0 spiro atoms. The Labute approximate surface area is 67.2 Å². The van der Waals surface area contributed by atoms with E-state index in [0.717, 1.165) is 5.75 Å². The van der Waals surface area contributed by atoms with E-state index in [9.17, 15) is 0 Å². The molecule has 3 N–H and O–H groups in total. The lowest BCUT2D eigenvalue weighted by molar-refractivity contribution is 0.208. The Balaban J connectivity index is 3.36. The fourth-order valence-electron chi connectivity index (χ4n) is 0.414. The smallest absolute Gasteiger partial charge is 0.0752 e. The van der Waals surface area contributed by atoms with E-state index in [0.29, 0.717) is 6.54 Å². The maximum absolute atomic E-state index is 9.08. The number of hydrogen-bond acceptors (Lipinski definition) is 3. The van der Waals surface area contributed by atoms with Gasteiger partial charge in [-0.2, -0.15) is 11.8 Å². The largest absolute Gasteiger partial charge is 0.391 e. The number of aliphatic hydroxyl groups is 1. The lowest BCUT2D eigenvalue weighted by atomic mass is 10.3. The SMILES string of the molecule is CC(C)(C)SC[C@@H](O)CN. The number of hydrogen-bond donors (Lipinski definition) is 2. The van der Waals surface area contributed by atoms with Crippen LogP contribution in [-0.4, -0.2) is 28.3 Å². The van der Waals surface area contributed by atoms with Crippen LogP contribution in [0.25, 0.3) is 0 Å². The highest BCUT2D eigenvalue weighted by atomic mass is 32.2. The van der Waals surface area contributed by atoms with E-state index in [2.05, 4.69) is 20.8 Å². The Morgan fingerprint density at radius 3 is 2.30 bits per heavy atom. The predicted molar refractivity (Wildman–Crippen MR) is 47.3 cm³/mol. The minimum Gasteiger partial charge on any atom is -0.391 e. The van der Waals surface area contributed by atoms with Gasteiger partial charge in [-0.05, 0) is 0 Å². The minimum absolute atomic E-state index is 0.232. The van der Waals surface area contributed by atoms with Crippen molar-refractivity contribution in [3.8, 4) is 0 Å². The molecule has 0 radical (unpaired) electrons. The summed E-state index contributed by atoms with van der Waals surface area (Å²) >= 11 is 1.74. The zero-order valence-electron chi connectivity index (χ0n) is 6.92. The molecule has 0 rings (SSSR count). The molecule has 0 amide bonds. The molecule has 0 aliphatic heterocycles. The number of thioether (sulfide) groups is 1.